The average Bonchev–Trinajstić information content (AvgIpc) is 3.08. The third kappa shape index (κ3) is 3.22. The fraction of sp³-hybridized carbons (Fsp3) is 0.391. The van der Waals surface area contributed by atoms with Crippen LogP contribution in [-0.2, 0) is 11.3 Å². The van der Waals surface area contributed by atoms with Gasteiger partial charge in [-0.2, -0.15) is 0 Å². The van der Waals surface area contributed by atoms with E-state index in [1.165, 1.54) is 0 Å². The van der Waals surface area contributed by atoms with Crippen molar-refractivity contribution in [3.8, 4) is 5.75 Å². The van der Waals surface area contributed by atoms with E-state index in [9.17, 15) is 9.59 Å². The Labute approximate surface area is 171 Å². The Morgan fingerprint density at radius 2 is 1.93 bits per heavy atom. The van der Waals surface area contributed by atoms with Crippen molar-refractivity contribution in [1.29, 1.82) is 0 Å². The lowest BCUT2D eigenvalue weighted by molar-refractivity contribution is -0.129. The number of amides is 2. The summed E-state index contributed by atoms with van der Waals surface area (Å²) in [6.07, 6.45) is 4.22. The van der Waals surface area contributed by atoms with E-state index in [0.29, 0.717) is 36.3 Å². The summed E-state index contributed by atoms with van der Waals surface area (Å²) in [5.41, 5.74) is 8.97. The number of rotatable bonds is 4. The number of carbonyl (C=O) groups excluding carboxylic acids is 2. The highest BCUT2D eigenvalue weighted by Crippen LogP contribution is 2.41. The summed E-state index contributed by atoms with van der Waals surface area (Å²) in [4.78, 5) is 28.5. The van der Waals surface area contributed by atoms with Crippen molar-refractivity contribution in [3.05, 3.63) is 53.1 Å². The molecule has 1 fully saturated rings. The van der Waals surface area contributed by atoms with Crippen molar-refractivity contribution in [2.24, 2.45) is 0 Å². The molecule has 6 heteroatoms. The van der Waals surface area contributed by atoms with Gasteiger partial charge in [-0.15, -0.1) is 0 Å². The minimum absolute atomic E-state index is 0.106. The molecule has 2 amide bonds. The fourth-order valence-corrected chi connectivity index (χ4v) is 4.60. The van der Waals surface area contributed by atoms with Crippen LogP contribution in [0, 0.1) is 6.92 Å². The van der Waals surface area contributed by atoms with Gasteiger partial charge in [0.25, 0.3) is 5.91 Å². The first kappa shape index (κ1) is 19.3. The Morgan fingerprint density at radius 3 is 2.62 bits per heavy atom. The molecule has 6 nitrogen and oxygen atoms in total. The number of aryl methyl sites for hydroxylation is 1. The molecule has 0 spiro atoms. The zero-order chi connectivity index (χ0) is 20.6. The van der Waals surface area contributed by atoms with E-state index in [2.05, 4.69) is 5.32 Å². The Balaban J connectivity index is 1.67. The van der Waals surface area contributed by atoms with E-state index in [-0.39, 0.29) is 11.8 Å². The van der Waals surface area contributed by atoms with Crippen molar-refractivity contribution in [2.45, 2.75) is 51.1 Å². The molecule has 1 aliphatic heterocycles. The molecule has 0 unspecified atom stereocenters. The number of benzene rings is 2. The SMILES string of the molecule is COc1cc(NC(=O)C2(N3Cc4c(N)cccc4C3=O)CCCCC2)ccc1C. The molecule has 2 aromatic carbocycles. The quantitative estimate of drug-likeness (QED) is 0.772. The maximum atomic E-state index is 13.6. The normalized spacial score (nSPS) is 17.7. The van der Waals surface area contributed by atoms with E-state index >= 15 is 0 Å². The maximum absolute atomic E-state index is 13.6. The van der Waals surface area contributed by atoms with Crippen LogP contribution in [-0.4, -0.2) is 29.4 Å². The standard InChI is InChI=1S/C23H27N3O3/c1-15-9-10-16(13-20(15)29-2)25-22(28)23(11-4-3-5-12-23)26-14-18-17(21(26)27)7-6-8-19(18)24/h6-10,13H,3-5,11-12,14,24H2,1-2H3,(H,25,28). The minimum Gasteiger partial charge on any atom is -0.496 e. The summed E-state index contributed by atoms with van der Waals surface area (Å²) in [7, 11) is 1.61. The molecular formula is C23H27N3O3. The van der Waals surface area contributed by atoms with Crippen LogP contribution in [0.5, 0.6) is 5.75 Å². The second kappa shape index (κ2) is 7.43. The molecule has 0 saturated heterocycles. The van der Waals surface area contributed by atoms with Gasteiger partial charge >= 0.3 is 0 Å². The van der Waals surface area contributed by atoms with Crippen LogP contribution < -0.4 is 15.8 Å². The smallest absolute Gasteiger partial charge is 0.255 e. The van der Waals surface area contributed by atoms with Gasteiger partial charge in [0.15, 0.2) is 0 Å². The molecule has 0 bridgehead atoms. The van der Waals surface area contributed by atoms with E-state index in [1.807, 2.05) is 31.2 Å². The predicted molar refractivity (Wildman–Crippen MR) is 113 cm³/mol. The van der Waals surface area contributed by atoms with Crippen molar-refractivity contribution >= 4 is 23.2 Å². The Hall–Kier alpha value is -3.02. The monoisotopic (exact) mass is 393 g/mol. The predicted octanol–water partition coefficient (Wildman–Crippen LogP) is 3.88. The van der Waals surface area contributed by atoms with Crippen LogP contribution in [0.25, 0.3) is 0 Å². The van der Waals surface area contributed by atoms with Crippen LogP contribution in [0.3, 0.4) is 0 Å². The number of nitrogens with zero attached hydrogens (tertiary/aromatic N) is 1. The highest BCUT2D eigenvalue weighted by Gasteiger charge is 2.50. The van der Waals surface area contributed by atoms with E-state index in [0.717, 1.165) is 36.1 Å². The van der Waals surface area contributed by atoms with Gasteiger partial charge in [-0.1, -0.05) is 31.4 Å². The summed E-state index contributed by atoms with van der Waals surface area (Å²) < 4.78 is 5.38. The zero-order valence-electron chi connectivity index (χ0n) is 17.0. The Kier molecular flexibility index (Phi) is 4.94. The van der Waals surface area contributed by atoms with Crippen molar-refractivity contribution < 1.29 is 14.3 Å². The van der Waals surface area contributed by atoms with Crippen LogP contribution in [0.2, 0.25) is 0 Å². The number of hydrogen-bond donors (Lipinski definition) is 2. The van der Waals surface area contributed by atoms with Gasteiger partial charge in [-0.05, 0) is 43.5 Å². The number of anilines is 2. The first-order valence-corrected chi connectivity index (χ1v) is 10.1. The topological polar surface area (TPSA) is 84.7 Å². The first-order chi connectivity index (χ1) is 14.0. The number of nitrogen functional groups attached to an aromatic ring is 1. The average molecular weight is 393 g/mol. The molecule has 1 heterocycles. The molecule has 2 aliphatic rings. The van der Waals surface area contributed by atoms with Crippen molar-refractivity contribution in [3.63, 3.8) is 0 Å². The lowest BCUT2D eigenvalue weighted by Gasteiger charge is -2.43. The van der Waals surface area contributed by atoms with Crippen LogP contribution in [0.1, 0.15) is 53.6 Å². The lowest BCUT2D eigenvalue weighted by atomic mass is 9.79. The van der Waals surface area contributed by atoms with Gasteiger partial charge in [0.2, 0.25) is 5.91 Å². The number of hydrogen-bond acceptors (Lipinski definition) is 4. The summed E-state index contributed by atoms with van der Waals surface area (Å²) in [6.45, 7) is 2.34. The molecule has 0 radical (unpaired) electrons. The van der Waals surface area contributed by atoms with Gasteiger partial charge in [-0.25, -0.2) is 0 Å². The second-order valence-corrected chi connectivity index (χ2v) is 8.00. The minimum atomic E-state index is -0.862. The molecular weight excluding hydrogens is 366 g/mol. The summed E-state index contributed by atoms with van der Waals surface area (Å²) in [6, 6.07) is 11.0. The Bertz CT molecular complexity index is 964. The maximum Gasteiger partial charge on any atom is 0.255 e. The van der Waals surface area contributed by atoms with Gasteiger partial charge in [0, 0.05) is 35.1 Å². The third-order valence-corrected chi connectivity index (χ3v) is 6.29. The molecule has 3 N–H and O–H groups in total. The molecule has 0 aromatic heterocycles. The van der Waals surface area contributed by atoms with Crippen molar-refractivity contribution in [2.75, 3.05) is 18.2 Å². The highest BCUT2D eigenvalue weighted by molar-refractivity contribution is 6.06. The van der Waals surface area contributed by atoms with E-state index in [4.69, 9.17) is 10.5 Å². The van der Waals surface area contributed by atoms with Gasteiger partial charge in [0.05, 0.1) is 7.11 Å². The molecule has 1 saturated carbocycles. The van der Waals surface area contributed by atoms with E-state index < -0.39 is 5.54 Å². The summed E-state index contributed by atoms with van der Waals surface area (Å²) in [5, 5.41) is 3.05. The molecule has 4 rings (SSSR count). The summed E-state index contributed by atoms with van der Waals surface area (Å²) in [5.74, 6) is 0.478. The number of nitrogens with two attached hydrogens (primary N) is 1. The number of nitrogens with one attached hydrogen (secondary N) is 1. The van der Waals surface area contributed by atoms with Crippen molar-refractivity contribution in [1.82, 2.24) is 4.90 Å². The summed E-state index contributed by atoms with van der Waals surface area (Å²) >= 11 is 0. The molecule has 1 aliphatic carbocycles. The number of ether oxygens (including phenoxy) is 1. The number of methoxy groups -OCH3 is 1. The van der Waals surface area contributed by atoms with Gasteiger partial charge in [-0.3, -0.25) is 9.59 Å². The number of fused-ring (bicyclic) bond motifs is 1. The van der Waals surface area contributed by atoms with Crippen LogP contribution >= 0.6 is 0 Å². The molecule has 0 atom stereocenters. The van der Waals surface area contributed by atoms with E-state index in [1.54, 1.807) is 24.1 Å². The molecule has 152 valence electrons. The largest absolute Gasteiger partial charge is 0.496 e. The molecule has 29 heavy (non-hydrogen) atoms. The van der Waals surface area contributed by atoms with Crippen LogP contribution in [0.4, 0.5) is 11.4 Å². The van der Waals surface area contributed by atoms with Gasteiger partial charge < -0.3 is 20.7 Å². The first-order valence-electron chi connectivity index (χ1n) is 10.1. The van der Waals surface area contributed by atoms with Gasteiger partial charge in [0.1, 0.15) is 11.3 Å². The highest BCUT2D eigenvalue weighted by atomic mass is 16.5. The van der Waals surface area contributed by atoms with Crippen LogP contribution in [0.15, 0.2) is 36.4 Å². The third-order valence-electron chi connectivity index (χ3n) is 6.29. The second-order valence-electron chi connectivity index (χ2n) is 8.00. The Morgan fingerprint density at radius 1 is 1.17 bits per heavy atom. The zero-order valence-corrected chi connectivity index (χ0v) is 17.0. The lowest BCUT2D eigenvalue weighted by Crippen LogP contribution is -2.58. The fourth-order valence-electron chi connectivity index (χ4n) is 4.60. The molecule has 2 aromatic rings. The number of carbonyl (C=O) groups is 2.